The van der Waals surface area contributed by atoms with Crippen LogP contribution in [-0.4, -0.2) is 41.4 Å². The molecule has 0 amide bonds. The molecular weight excluding hydrogens is 304 g/mol. The molecule has 0 heterocycles. The molecule has 0 radical (unpaired) electrons. The number of rotatable bonds is 8. The number of aliphatic carboxylic acids is 1. The smallest absolute Gasteiger partial charge is 0.341 e. The molecule has 0 atom stereocenters. The Morgan fingerprint density at radius 3 is 2.64 bits per heavy atom. The first-order chi connectivity index (χ1) is 10.5. The van der Waals surface area contributed by atoms with Gasteiger partial charge in [0.2, 0.25) is 0 Å². The van der Waals surface area contributed by atoms with Crippen molar-refractivity contribution in [1.29, 1.82) is 0 Å². The van der Waals surface area contributed by atoms with Gasteiger partial charge in [-0.3, -0.25) is 9.59 Å². The van der Waals surface area contributed by atoms with Crippen molar-refractivity contribution in [1.82, 2.24) is 0 Å². The zero-order valence-corrected chi connectivity index (χ0v) is 13.3. The maximum absolute atomic E-state index is 12.1. The molecular formula is C16H18O5S. The van der Waals surface area contributed by atoms with Crippen LogP contribution in [0.25, 0.3) is 6.08 Å². The van der Waals surface area contributed by atoms with E-state index < -0.39 is 11.9 Å². The van der Waals surface area contributed by atoms with Gasteiger partial charge in [0, 0.05) is 0 Å². The highest BCUT2D eigenvalue weighted by atomic mass is 32.2. The van der Waals surface area contributed by atoms with Crippen molar-refractivity contribution in [3.63, 3.8) is 0 Å². The Kier molecular flexibility index (Phi) is 7.39. The predicted molar refractivity (Wildman–Crippen MR) is 85.8 cm³/mol. The number of thioether (sulfide) groups is 1. The lowest BCUT2D eigenvalue weighted by molar-refractivity contribution is -0.138. The minimum atomic E-state index is -0.940. The Morgan fingerprint density at radius 1 is 1.32 bits per heavy atom. The number of carboxylic acid groups (broad SMARTS) is 1. The molecule has 1 aromatic rings. The molecule has 0 bridgehead atoms. The number of hydrogen-bond donors (Lipinski definition) is 1. The molecule has 6 heteroatoms. The fraction of sp³-hybridized carbons (Fsp3) is 0.312. The van der Waals surface area contributed by atoms with Crippen molar-refractivity contribution >= 4 is 35.6 Å². The van der Waals surface area contributed by atoms with Crippen LogP contribution < -0.4 is 0 Å². The molecule has 1 aromatic carbocycles. The molecule has 118 valence electrons. The molecule has 0 aliphatic heterocycles. The zero-order chi connectivity index (χ0) is 16.5. The number of benzene rings is 1. The normalized spacial score (nSPS) is 11.1. The van der Waals surface area contributed by atoms with Crippen molar-refractivity contribution in [2.24, 2.45) is 0 Å². The topological polar surface area (TPSA) is 80.7 Å². The summed E-state index contributed by atoms with van der Waals surface area (Å²) in [4.78, 5) is 34.6. The highest BCUT2D eigenvalue weighted by molar-refractivity contribution is 7.99. The van der Waals surface area contributed by atoms with Gasteiger partial charge < -0.3 is 9.84 Å². The monoisotopic (exact) mass is 322 g/mol. The number of carbonyl (C=O) groups excluding carboxylic acids is 2. The van der Waals surface area contributed by atoms with E-state index in [1.807, 2.05) is 6.92 Å². The third-order valence-electron chi connectivity index (χ3n) is 2.76. The molecule has 0 fully saturated rings. The van der Waals surface area contributed by atoms with Gasteiger partial charge in [-0.25, -0.2) is 4.79 Å². The molecule has 0 unspecified atom stereocenters. The number of hydrogen-bond acceptors (Lipinski definition) is 5. The zero-order valence-electron chi connectivity index (χ0n) is 12.5. The molecule has 0 saturated heterocycles. The van der Waals surface area contributed by atoms with E-state index in [9.17, 15) is 14.4 Å². The Hall–Kier alpha value is -2.08. The van der Waals surface area contributed by atoms with Gasteiger partial charge in [0.05, 0.1) is 19.3 Å². The van der Waals surface area contributed by atoms with Crippen LogP contribution >= 0.6 is 11.8 Å². The number of Topliss-reactive ketones (excluding diaryl/α,β-unsaturated/α-hetero) is 1. The highest BCUT2D eigenvalue weighted by Crippen LogP contribution is 2.14. The SMILES string of the molecule is CCSCC(=O)C(=Cc1cccc(CC(=O)O)c1)C(=O)OC. The Balaban J connectivity index is 3.08. The highest BCUT2D eigenvalue weighted by Gasteiger charge is 2.18. The fourth-order valence-electron chi connectivity index (χ4n) is 1.77. The predicted octanol–water partition coefficient (Wildman–Crippen LogP) is 2.19. The quantitative estimate of drug-likeness (QED) is 0.342. The van der Waals surface area contributed by atoms with Crippen LogP contribution in [0.5, 0.6) is 0 Å². The lowest BCUT2D eigenvalue weighted by Gasteiger charge is -2.05. The van der Waals surface area contributed by atoms with Gasteiger partial charge in [0.1, 0.15) is 5.57 Å². The molecule has 1 N–H and O–H groups in total. The third-order valence-corrected chi connectivity index (χ3v) is 3.63. The molecule has 0 aliphatic carbocycles. The van der Waals surface area contributed by atoms with E-state index in [4.69, 9.17) is 5.11 Å². The lowest BCUT2D eigenvalue weighted by atomic mass is 10.0. The van der Waals surface area contributed by atoms with E-state index in [-0.39, 0.29) is 23.5 Å². The molecule has 0 aliphatic rings. The van der Waals surface area contributed by atoms with Gasteiger partial charge in [-0.15, -0.1) is 0 Å². The van der Waals surface area contributed by atoms with Gasteiger partial charge in [-0.1, -0.05) is 31.2 Å². The van der Waals surface area contributed by atoms with Gasteiger partial charge >= 0.3 is 11.9 Å². The summed E-state index contributed by atoms with van der Waals surface area (Å²) in [7, 11) is 1.22. The van der Waals surface area contributed by atoms with Gasteiger partial charge in [-0.05, 0) is 23.0 Å². The summed E-state index contributed by atoms with van der Waals surface area (Å²) in [6.07, 6.45) is 1.32. The summed E-state index contributed by atoms with van der Waals surface area (Å²) in [5, 5.41) is 8.80. The van der Waals surface area contributed by atoms with Crippen LogP contribution in [0.15, 0.2) is 29.8 Å². The van der Waals surface area contributed by atoms with Crippen molar-refractivity contribution in [3.8, 4) is 0 Å². The summed E-state index contributed by atoms with van der Waals surface area (Å²) >= 11 is 1.42. The van der Waals surface area contributed by atoms with Crippen molar-refractivity contribution in [3.05, 3.63) is 41.0 Å². The molecule has 0 aromatic heterocycles. The number of ketones is 1. The maximum atomic E-state index is 12.1. The largest absolute Gasteiger partial charge is 0.481 e. The van der Waals surface area contributed by atoms with Gasteiger partial charge in [0.25, 0.3) is 0 Å². The van der Waals surface area contributed by atoms with E-state index >= 15 is 0 Å². The van der Waals surface area contributed by atoms with Crippen molar-refractivity contribution in [2.45, 2.75) is 13.3 Å². The number of esters is 1. The minimum absolute atomic E-state index is 0.0316. The fourth-order valence-corrected chi connectivity index (χ4v) is 2.31. The second-order valence-electron chi connectivity index (χ2n) is 4.43. The first kappa shape index (κ1) is 18.0. The van der Waals surface area contributed by atoms with E-state index in [0.717, 1.165) is 5.75 Å². The number of carbonyl (C=O) groups is 3. The van der Waals surface area contributed by atoms with E-state index in [2.05, 4.69) is 4.74 Å². The van der Waals surface area contributed by atoms with E-state index in [0.29, 0.717) is 11.1 Å². The van der Waals surface area contributed by atoms with Crippen LogP contribution in [0, 0.1) is 0 Å². The standard InChI is InChI=1S/C16H18O5S/c1-3-22-10-14(17)13(16(20)21-2)8-11-5-4-6-12(7-11)9-15(18)19/h4-8H,3,9-10H2,1-2H3,(H,18,19). The average Bonchev–Trinajstić information content (AvgIpc) is 2.49. The second kappa shape index (κ2) is 9.04. The van der Waals surface area contributed by atoms with Crippen molar-refractivity contribution in [2.75, 3.05) is 18.6 Å². The van der Waals surface area contributed by atoms with Crippen LogP contribution in [-0.2, 0) is 25.5 Å². The van der Waals surface area contributed by atoms with Gasteiger partial charge in [0.15, 0.2) is 5.78 Å². The summed E-state index contributed by atoms with van der Waals surface area (Å²) in [6, 6.07) is 6.70. The summed E-state index contributed by atoms with van der Waals surface area (Å²) in [5.41, 5.74) is 1.16. The van der Waals surface area contributed by atoms with Crippen LogP contribution in [0.1, 0.15) is 18.1 Å². The number of ether oxygens (including phenoxy) is 1. The minimum Gasteiger partial charge on any atom is -0.481 e. The Morgan fingerprint density at radius 2 is 2.05 bits per heavy atom. The Labute approximate surface area is 133 Å². The first-order valence-corrected chi connectivity index (χ1v) is 7.85. The molecule has 0 saturated carbocycles. The molecule has 22 heavy (non-hydrogen) atoms. The second-order valence-corrected chi connectivity index (χ2v) is 5.70. The lowest BCUT2D eigenvalue weighted by Crippen LogP contribution is -2.16. The van der Waals surface area contributed by atoms with Crippen LogP contribution in [0.4, 0.5) is 0 Å². The molecule has 0 spiro atoms. The number of methoxy groups -OCH3 is 1. The van der Waals surface area contributed by atoms with Crippen LogP contribution in [0.2, 0.25) is 0 Å². The maximum Gasteiger partial charge on any atom is 0.341 e. The first-order valence-electron chi connectivity index (χ1n) is 6.69. The Bertz CT molecular complexity index is 592. The van der Waals surface area contributed by atoms with Crippen molar-refractivity contribution < 1.29 is 24.2 Å². The third kappa shape index (κ3) is 5.73. The van der Waals surface area contributed by atoms with E-state index in [1.54, 1.807) is 24.3 Å². The van der Waals surface area contributed by atoms with Crippen LogP contribution in [0.3, 0.4) is 0 Å². The number of carboxylic acids is 1. The van der Waals surface area contributed by atoms with E-state index in [1.165, 1.54) is 24.9 Å². The summed E-state index contributed by atoms with van der Waals surface area (Å²) < 4.78 is 4.65. The summed E-state index contributed by atoms with van der Waals surface area (Å²) in [6.45, 7) is 1.93. The average molecular weight is 322 g/mol. The van der Waals surface area contributed by atoms with Gasteiger partial charge in [-0.2, -0.15) is 11.8 Å². The molecule has 5 nitrogen and oxygen atoms in total. The summed E-state index contributed by atoms with van der Waals surface area (Å²) in [5.74, 6) is -0.960. The molecule has 1 rings (SSSR count).